The molecule has 1 saturated heterocycles. The van der Waals surface area contributed by atoms with Gasteiger partial charge in [0.2, 0.25) is 5.91 Å². The summed E-state index contributed by atoms with van der Waals surface area (Å²) >= 11 is 0. The molecule has 5 unspecified atom stereocenters. The fourth-order valence-corrected chi connectivity index (χ4v) is 5.29. The molecular formula is C27H32F3N3O3. The molecule has 9 heteroatoms. The van der Waals surface area contributed by atoms with Gasteiger partial charge >= 0.3 is 6.36 Å². The smallest absolute Gasteiger partial charge is 0.406 e. The van der Waals surface area contributed by atoms with Crippen LogP contribution in [0.25, 0.3) is 0 Å². The molecular weight excluding hydrogens is 471 g/mol. The summed E-state index contributed by atoms with van der Waals surface area (Å²) in [4.78, 5) is 19.8. The van der Waals surface area contributed by atoms with Gasteiger partial charge in [-0.25, -0.2) is 4.98 Å². The highest BCUT2D eigenvalue weighted by atomic mass is 19.4. The topological polar surface area (TPSA) is 63.7 Å². The third-order valence-electron chi connectivity index (χ3n) is 6.91. The lowest BCUT2D eigenvalue weighted by Gasteiger charge is -2.36. The normalized spacial score (nSPS) is 25.5. The number of rotatable bonds is 6. The summed E-state index contributed by atoms with van der Waals surface area (Å²) in [6.45, 7) is 11.6. The summed E-state index contributed by atoms with van der Waals surface area (Å²) in [6, 6.07) is 9.65. The molecule has 5 atom stereocenters. The van der Waals surface area contributed by atoms with Gasteiger partial charge in [-0.2, -0.15) is 0 Å². The zero-order chi connectivity index (χ0) is 26.0. The number of hydrogen-bond donors (Lipinski definition) is 1. The summed E-state index contributed by atoms with van der Waals surface area (Å²) < 4.78 is 47.2. The molecule has 194 valence electrons. The van der Waals surface area contributed by atoms with Crippen molar-refractivity contribution in [1.82, 2.24) is 4.98 Å². The molecule has 0 bridgehead atoms. The number of alkyl halides is 3. The molecule has 2 aliphatic rings. The summed E-state index contributed by atoms with van der Waals surface area (Å²) in [5.74, 6) is 0.0933. The average molecular weight is 504 g/mol. The fourth-order valence-electron chi connectivity index (χ4n) is 5.29. The number of aromatic nitrogens is 1. The molecule has 1 amide bonds. The lowest BCUT2D eigenvalue weighted by molar-refractivity contribution is -0.274. The van der Waals surface area contributed by atoms with Crippen molar-refractivity contribution in [3.63, 3.8) is 0 Å². The van der Waals surface area contributed by atoms with Crippen molar-refractivity contribution in [3.05, 3.63) is 60.3 Å². The lowest BCUT2D eigenvalue weighted by Crippen LogP contribution is -2.45. The van der Waals surface area contributed by atoms with E-state index in [9.17, 15) is 18.0 Å². The Kier molecular flexibility index (Phi) is 7.59. The maximum absolute atomic E-state index is 13.1. The van der Waals surface area contributed by atoms with Crippen molar-refractivity contribution in [3.8, 4) is 5.75 Å². The number of nitrogens with zero attached hydrogens (tertiary/aromatic N) is 2. The summed E-state index contributed by atoms with van der Waals surface area (Å²) in [5, 5.41) is 2.97. The molecule has 1 N–H and O–H groups in total. The molecule has 1 saturated carbocycles. The molecule has 2 fully saturated rings. The molecule has 2 aromatic rings. The third kappa shape index (κ3) is 6.37. The van der Waals surface area contributed by atoms with Crippen LogP contribution in [0.2, 0.25) is 0 Å². The number of benzene rings is 1. The molecule has 1 aliphatic heterocycles. The molecule has 0 radical (unpaired) electrons. The lowest BCUT2D eigenvalue weighted by atomic mass is 9.80. The minimum Gasteiger partial charge on any atom is -0.406 e. The van der Waals surface area contributed by atoms with Gasteiger partial charge in [-0.05, 0) is 68.4 Å². The predicted molar refractivity (Wildman–Crippen MR) is 132 cm³/mol. The van der Waals surface area contributed by atoms with Gasteiger partial charge < -0.3 is 19.7 Å². The van der Waals surface area contributed by atoms with E-state index in [1.807, 2.05) is 32.9 Å². The summed E-state index contributed by atoms with van der Waals surface area (Å²) in [7, 11) is 0. The number of carbonyl (C=O) groups excluding carboxylic acids is 1. The van der Waals surface area contributed by atoms with Gasteiger partial charge in [-0.3, -0.25) is 4.79 Å². The third-order valence-corrected chi connectivity index (χ3v) is 6.91. The molecule has 1 aromatic carbocycles. The number of morpholine rings is 1. The Bertz CT molecular complexity index is 1060. The molecule has 0 spiro atoms. The molecule has 1 aromatic heterocycles. The Balaban J connectivity index is 1.40. The number of hydrogen-bond acceptors (Lipinski definition) is 5. The number of anilines is 2. The van der Waals surface area contributed by atoms with E-state index in [4.69, 9.17) is 4.74 Å². The maximum Gasteiger partial charge on any atom is 0.573 e. The van der Waals surface area contributed by atoms with Crippen molar-refractivity contribution < 1.29 is 27.4 Å². The van der Waals surface area contributed by atoms with Crippen LogP contribution in [-0.2, 0) is 9.53 Å². The van der Waals surface area contributed by atoms with Gasteiger partial charge in [0.05, 0.1) is 24.1 Å². The van der Waals surface area contributed by atoms with Crippen molar-refractivity contribution in [2.45, 2.75) is 58.1 Å². The van der Waals surface area contributed by atoms with E-state index in [1.54, 1.807) is 18.3 Å². The van der Waals surface area contributed by atoms with E-state index in [2.05, 4.69) is 26.5 Å². The molecule has 1 aliphatic carbocycles. The van der Waals surface area contributed by atoms with E-state index >= 15 is 0 Å². The molecule has 6 nitrogen and oxygen atoms in total. The van der Waals surface area contributed by atoms with E-state index in [0.29, 0.717) is 18.5 Å². The highest BCUT2D eigenvalue weighted by Crippen LogP contribution is 2.46. The molecule has 2 heterocycles. The zero-order valence-electron chi connectivity index (χ0n) is 20.7. The van der Waals surface area contributed by atoms with Crippen molar-refractivity contribution >= 4 is 17.4 Å². The van der Waals surface area contributed by atoms with Gasteiger partial charge in [-0.1, -0.05) is 31.2 Å². The van der Waals surface area contributed by atoms with Crippen LogP contribution in [0.15, 0.2) is 54.7 Å². The number of nitrogens with one attached hydrogen (secondary N) is 1. The quantitative estimate of drug-likeness (QED) is 0.496. The van der Waals surface area contributed by atoms with Gasteiger partial charge in [0.1, 0.15) is 11.6 Å². The Morgan fingerprint density at radius 3 is 2.39 bits per heavy atom. The van der Waals surface area contributed by atoms with Crippen molar-refractivity contribution in [2.24, 2.45) is 11.8 Å². The van der Waals surface area contributed by atoms with Crippen LogP contribution in [0.1, 0.15) is 45.1 Å². The van der Waals surface area contributed by atoms with Gasteiger partial charge in [0.15, 0.2) is 0 Å². The van der Waals surface area contributed by atoms with E-state index in [-0.39, 0.29) is 41.6 Å². The van der Waals surface area contributed by atoms with Gasteiger partial charge in [-0.15, -0.1) is 13.2 Å². The largest absolute Gasteiger partial charge is 0.573 e. The Hall–Kier alpha value is -3.07. The zero-order valence-corrected chi connectivity index (χ0v) is 20.7. The number of carbonyl (C=O) groups is 1. The second-order valence-electron chi connectivity index (χ2n) is 9.89. The molecule has 36 heavy (non-hydrogen) atoms. The average Bonchev–Trinajstić information content (AvgIpc) is 3.19. The molecule has 4 rings (SSSR count). The van der Waals surface area contributed by atoms with Gasteiger partial charge in [0.25, 0.3) is 0 Å². The number of halogens is 3. The Morgan fingerprint density at radius 1 is 1.14 bits per heavy atom. The summed E-state index contributed by atoms with van der Waals surface area (Å²) in [6.07, 6.45) is -1.45. The first-order valence-corrected chi connectivity index (χ1v) is 12.2. The van der Waals surface area contributed by atoms with Crippen LogP contribution in [0.4, 0.5) is 24.7 Å². The van der Waals surface area contributed by atoms with Gasteiger partial charge in [0, 0.05) is 19.0 Å². The Morgan fingerprint density at radius 2 is 1.81 bits per heavy atom. The maximum atomic E-state index is 13.1. The van der Waals surface area contributed by atoms with Crippen molar-refractivity contribution in [1.29, 1.82) is 0 Å². The second kappa shape index (κ2) is 10.5. The first-order chi connectivity index (χ1) is 17.0. The number of pyridine rings is 1. The van der Waals surface area contributed by atoms with Crippen LogP contribution in [-0.4, -0.2) is 42.6 Å². The number of ether oxygens (including phenoxy) is 2. The second-order valence-corrected chi connectivity index (χ2v) is 9.89. The SMILES string of the molecule is C=C1CC(c2ccc(OC(F)(F)F)cc2)C(C(C)C(=O)Nc2ccc(N3CC(C)OC(C)C3)nc2)C1. The van der Waals surface area contributed by atoms with E-state index < -0.39 is 6.36 Å². The van der Waals surface area contributed by atoms with E-state index in [1.165, 1.54) is 12.1 Å². The van der Waals surface area contributed by atoms with Crippen molar-refractivity contribution in [2.75, 3.05) is 23.3 Å². The van der Waals surface area contributed by atoms with E-state index in [0.717, 1.165) is 30.0 Å². The highest BCUT2D eigenvalue weighted by molar-refractivity contribution is 5.92. The van der Waals surface area contributed by atoms with Crippen LogP contribution in [0.5, 0.6) is 5.75 Å². The Labute approximate surface area is 209 Å². The summed E-state index contributed by atoms with van der Waals surface area (Å²) in [5.41, 5.74) is 2.51. The fraction of sp³-hybridized carbons (Fsp3) is 0.481. The number of amides is 1. The minimum absolute atomic E-state index is 0.0102. The standard InChI is InChI=1S/C27H32F3N3O3/c1-16-11-23(24(12-16)20-5-8-22(9-6-20)36-27(28,29)30)19(4)26(34)32-21-7-10-25(31-13-21)33-14-17(2)35-18(3)15-33/h5-10,13,17-19,23-24H,1,11-12,14-15H2,2-4H3,(H,32,34). The van der Waals surface area contributed by atoms with Crippen LogP contribution >= 0.6 is 0 Å². The highest BCUT2D eigenvalue weighted by Gasteiger charge is 2.38. The monoisotopic (exact) mass is 503 g/mol. The van der Waals surface area contributed by atoms with Crippen LogP contribution < -0.4 is 15.0 Å². The minimum atomic E-state index is -4.73. The first kappa shape index (κ1) is 26.0. The predicted octanol–water partition coefficient (Wildman–Crippen LogP) is 5.92. The van der Waals surface area contributed by atoms with Crippen LogP contribution in [0, 0.1) is 11.8 Å². The first-order valence-electron chi connectivity index (χ1n) is 12.2. The van der Waals surface area contributed by atoms with Crippen LogP contribution in [0.3, 0.4) is 0 Å². The number of allylic oxidation sites excluding steroid dienone is 1.